The normalized spacial score (nSPS) is 22.2. The maximum Gasteiger partial charge on any atom is 0.133 e. The van der Waals surface area contributed by atoms with Crippen LogP contribution in [0.2, 0.25) is 0 Å². The summed E-state index contributed by atoms with van der Waals surface area (Å²) in [6.45, 7) is 7.23. The zero-order chi connectivity index (χ0) is 15.1. The van der Waals surface area contributed by atoms with E-state index < -0.39 is 0 Å². The van der Waals surface area contributed by atoms with Gasteiger partial charge in [-0.05, 0) is 46.0 Å². The molecule has 4 rings (SSSR count). The number of likely N-dealkylation sites (tertiary alicyclic amines) is 1. The van der Waals surface area contributed by atoms with Crippen molar-refractivity contribution >= 4 is 0 Å². The summed E-state index contributed by atoms with van der Waals surface area (Å²) in [5.74, 6) is 2.10. The van der Waals surface area contributed by atoms with E-state index in [0.29, 0.717) is 6.04 Å². The lowest BCUT2D eigenvalue weighted by atomic mass is 10.0. The summed E-state index contributed by atoms with van der Waals surface area (Å²) in [6, 6.07) is 2.61. The molecule has 118 valence electrons. The van der Waals surface area contributed by atoms with E-state index in [0.717, 1.165) is 37.5 Å². The summed E-state index contributed by atoms with van der Waals surface area (Å²) in [5, 5.41) is 4.12. The molecule has 3 heterocycles. The fourth-order valence-corrected chi connectivity index (χ4v) is 4.07. The van der Waals surface area contributed by atoms with Crippen molar-refractivity contribution < 1.29 is 4.52 Å². The third kappa shape index (κ3) is 2.47. The van der Waals surface area contributed by atoms with Gasteiger partial charge in [-0.1, -0.05) is 5.16 Å². The molecule has 2 aliphatic rings. The van der Waals surface area contributed by atoms with Gasteiger partial charge < -0.3 is 9.09 Å². The standard InChI is InChI=1S/C17H24N4O/c1-12-9-14(19-22-12)10-20-8-7-15(11-20)21-13(2)18-16-5-3-4-6-17(16)21/h9,15H,3-8,10-11H2,1-2H3. The molecule has 0 spiro atoms. The summed E-state index contributed by atoms with van der Waals surface area (Å²) >= 11 is 0. The van der Waals surface area contributed by atoms with Crippen LogP contribution in [0.1, 0.15) is 54.0 Å². The second-order valence-electron chi connectivity index (χ2n) is 6.74. The van der Waals surface area contributed by atoms with Crippen molar-refractivity contribution in [3.8, 4) is 0 Å². The van der Waals surface area contributed by atoms with Gasteiger partial charge in [0.1, 0.15) is 11.6 Å². The summed E-state index contributed by atoms with van der Waals surface area (Å²) in [7, 11) is 0. The van der Waals surface area contributed by atoms with E-state index in [1.54, 1.807) is 0 Å². The van der Waals surface area contributed by atoms with Crippen LogP contribution in [0.15, 0.2) is 10.6 Å². The van der Waals surface area contributed by atoms with Crippen LogP contribution in [0.4, 0.5) is 0 Å². The Kier molecular flexibility index (Phi) is 3.53. The van der Waals surface area contributed by atoms with Gasteiger partial charge in [-0.15, -0.1) is 0 Å². The molecular weight excluding hydrogens is 276 g/mol. The number of hydrogen-bond acceptors (Lipinski definition) is 4. The summed E-state index contributed by atoms with van der Waals surface area (Å²) in [4.78, 5) is 7.31. The van der Waals surface area contributed by atoms with Crippen molar-refractivity contribution in [2.75, 3.05) is 13.1 Å². The van der Waals surface area contributed by atoms with Gasteiger partial charge in [0.25, 0.3) is 0 Å². The number of hydrogen-bond donors (Lipinski definition) is 0. The maximum absolute atomic E-state index is 5.18. The Balaban J connectivity index is 1.50. The molecule has 0 amide bonds. The molecule has 0 saturated carbocycles. The molecule has 1 aliphatic heterocycles. The van der Waals surface area contributed by atoms with Crippen molar-refractivity contribution in [2.45, 2.75) is 58.5 Å². The quantitative estimate of drug-likeness (QED) is 0.874. The highest BCUT2D eigenvalue weighted by Gasteiger charge is 2.29. The molecular formula is C17H24N4O. The lowest BCUT2D eigenvalue weighted by Crippen LogP contribution is -2.22. The highest BCUT2D eigenvalue weighted by atomic mass is 16.5. The van der Waals surface area contributed by atoms with Crippen LogP contribution >= 0.6 is 0 Å². The van der Waals surface area contributed by atoms with Crippen molar-refractivity contribution in [2.24, 2.45) is 0 Å². The first-order chi connectivity index (χ1) is 10.7. The second-order valence-corrected chi connectivity index (χ2v) is 6.74. The highest BCUT2D eigenvalue weighted by Crippen LogP contribution is 2.30. The Morgan fingerprint density at radius 2 is 2.14 bits per heavy atom. The van der Waals surface area contributed by atoms with Crippen LogP contribution in [-0.2, 0) is 19.4 Å². The van der Waals surface area contributed by atoms with Gasteiger partial charge in [-0.25, -0.2) is 4.98 Å². The van der Waals surface area contributed by atoms with Crippen LogP contribution in [-0.4, -0.2) is 32.7 Å². The van der Waals surface area contributed by atoms with Gasteiger partial charge in [0.05, 0.1) is 11.4 Å². The van der Waals surface area contributed by atoms with Gasteiger partial charge in [0.2, 0.25) is 0 Å². The van der Waals surface area contributed by atoms with E-state index in [1.165, 1.54) is 42.9 Å². The van der Waals surface area contributed by atoms with Gasteiger partial charge in [0, 0.05) is 37.4 Å². The van der Waals surface area contributed by atoms with Crippen molar-refractivity contribution in [1.29, 1.82) is 0 Å². The monoisotopic (exact) mass is 300 g/mol. The molecule has 5 heteroatoms. The molecule has 1 saturated heterocycles. The second kappa shape index (κ2) is 5.54. The molecule has 2 aromatic heterocycles. The van der Waals surface area contributed by atoms with Crippen molar-refractivity contribution in [3.63, 3.8) is 0 Å². The third-order valence-electron chi connectivity index (χ3n) is 5.02. The molecule has 0 bridgehead atoms. The minimum atomic E-state index is 0.572. The Hall–Kier alpha value is -1.62. The molecule has 1 aliphatic carbocycles. The molecule has 1 atom stereocenters. The Bertz CT molecular complexity index is 672. The Labute approximate surface area is 131 Å². The van der Waals surface area contributed by atoms with E-state index >= 15 is 0 Å². The number of aromatic nitrogens is 3. The Morgan fingerprint density at radius 3 is 2.95 bits per heavy atom. The van der Waals surface area contributed by atoms with Gasteiger partial charge in [-0.2, -0.15) is 0 Å². The molecule has 1 fully saturated rings. The van der Waals surface area contributed by atoms with Crippen molar-refractivity contribution in [1.82, 2.24) is 19.6 Å². The summed E-state index contributed by atoms with van der Waals surface area (Å²) in [6.07, 6.45) is 6.19. The lowest BCUT2D eigenvalue weighted by molar-refractivity contribution is 0.298. The van der Waals surface area contributed by atoms with E-state index in [2.05, 4.69) is 21.5 Å². The van der Waals surface area contributed by atoms with E-state index in [4.69, 9.17) is 9.51 Å². The predicted octanol–water partition coefficient (Wildman–Crippen LogP) is 2.81. The summed E-state index contributed by atoms with van der Waals surface area (Å²) < 4.78 is 7.71. The molecule has 22 heavy (non-hydrogen) atoms. The SMILES string of the molecule is Cc1cc(CN2CCC(n3c(C)nc4c3CCCC4)C2)no1. The van der Waals surface area contributed by atoms with Crippen LogP contribution in [0.5, 0.6) is 0 Å². The zero-order valence-electron chi connectivity index (χ0n) is 13.5. The first-order valence-electron chi connectivity index (χ1n) is 8.42. The van der Waals surface area contributed by atoms with Crippen LogP contribution in [0.3, 0.4) is 0 Å². The predicted molar refractivity (Wildman–Crippen MR) is 83.8 cm³/mol. The fraction of sp³-hybridized carbons (Fsp3) is 0.647. The number of fused-ring (bicyclic) bond motifs is 1. The molecule has 1 unspecified atom stereocenters. The van der Waals surface area contributed by atoms with E-state index in [9.17, 15) is 0 Å². The molecule has 5 nitrogen and oxygen atoms in total. The van der Waals surface area contributed by atoms with Gasteiger partial charge in [0.15, 0.2) is 0 Å². The lowest BCUT2D eigenvalue weighted by Gasteiger charge is -2.21. The smallest absolute Gasteiger partial charge is 0.133 e. The number of rotatable bonds is 3. The highest BCUT2D eigenvalue weighted by molar-refractivity contribution is 5.21. The first kappa shape index (κ1) is 14.0. The Morgan fingerprint density at radius 1 is 1.27 bits per heavy atom. The first-order valence-corrected chi connectivity index (χ1v) is 8.42. The fourth-order valence-electron chi connectivity index (χ4n) is 4.07. The number of nitrogens with zero attached hydrogens (tertiary/aromatic N) is 4. The molecule has 0 radical (unpaired) electrons. The van der Waals surface area contributed by atoms with Crippen LogP contribution in [0, 0.1) is 13.8 Å². The minimum Gasteiger partial charge on any atom is -0.361 e. The summed E-state index contributed by atoms with van der Waals surface area (Å²) in [5.41, 5.74) is 3.91. The maximum atomic E-state index is 5.18. The molecule has 0 N–H and O–H groups in total. The molecule has 2 aromatic rings. The molecule has 0 aromatic carbocycles. The topological polar surface area (TPSA) is 47.1 Å². The zero-order valence-corrected chi connectivity index (χ0v) is 13.5. The third-order valence-corrected chi connectivity index (χ3v) is 5.02. The van der Waals surface area contributed by atoms with Gasteiger partial charge >= 0.3 is 0 Å². The number of imidazole rings is 1. The minimum absolute atomic E-state index is 0.572. The van der Waals surface area contributed by atoms with E-state index in [-0.39, 0.29) is 0 Å². The van der Waals surface area contributed by atoms with E-state index in [1.807, 2.05) is 13.0 Å². The number of aryl methyl sites for hydroxylation is 3. The van der Waals surface area contributed by atoms with Crippen molar-refractivity contribution in [3.05, 3.63) is 34.7 Å². The van der Waals surface area contributed by atoms with Crippen LogP contribution < -0.4 is 0 Å². The average molecular weight is 300 g/mol. The largest absolute Gasteiger partial charge is 0.361 e. The van der Waals surface area contributed by atoms with Gasteiger partial charge in [-0.3, -0.25) is 4.90 Å². The average Bonchev–Trinajstić information content (AvgIpc) is 3.18. The van der Waals surface area contributed by atoms with Crippen LogP contribution in [0.25, 0.3) is 0 Å².